The summed E-state index contributed by atoms with van der Waals surface area (Å²) in [7, 11) is 0. The van der Waals surface area contributed by atoms with Crippen LogP contribution in [-0.2, 0) is 10.2 Å². The maximum Gasteiger partial charge on any atom is 0.321 e. The molecule has 27 heavy (non-hydrogen) atoms. The molecule has 1 aromatic carbocycles. The molecule has 2 aromatic rings. The minimum absolute atomic E-state index is 0.0141. The standard InChI is InChI=1S/C18H24N6O2S/c1-5-10-20-16(26)21-14(25)11-27-17-23-22-15(24(17)19)12-6-8-13(9-7-12)18(2,3)4/h5-9H,1,10-11,19H2,2-4H3,(H2,20,21,25,26). The maximum atomic E-state index is 11.8. The first-order valence-corrected chi connectivity index (χ1v) is 9.33. The molecular formula is C18H24N6O2S. The molecule has 0 unspecified atom stereocenters. The number of rotatable bonds is 6. The van der Waals surface area contributed by atoms with E-state index in [2.05, 4.69) is 48.2 Å². The molecule has 0 fully saturated rings. The number of aromatic nitrogens is 3. The average molecular weight is 388 g/mol. The number of nitrogens with one attached hydrogen (secondary N) is 2. The van der Waals surface area contributed by atoms with Crippen LogP contribution in [0, 0.1) is 0 Å². The van der Waals surface area contributed by atoms with Gasteiger partial charge in [-0.15, -0.1) is 16.8 Å². The quantitative estimate of drug-likeness (QED) is 0.396. The van der Waals surface area contributed by atoms with Crippen LogP contribution in [0.2, 0.25) is 0 Å². The van der Waals surface area contributed by atoms with Gasteiger partial charge in [0, 0.05) is 12.1 Å². The van der Waals surface area contributed by atoms with Crippen molar-refractivity contribution in [1.82, 2.24) is 25.5 Å². The number of hydrogen-bond acceptors (Lipinski definition) is 6. The van der Waals surface area contributed by atoms with Crippen molar-refractivity contribution in [1.29, 1.82) is 0 Å². The second-order valence-corrected chi connectivity index (χ2v) is 7.78. The zero-order chi connectivity index (χ0) is 20.0. The SMILES string of the molecule is C=CCNC(=O)NC(=O)CSc1nnc(-c2ccc(C(C)(C)C)cc2)n1N. The van der Waals surface area contributed by atoms with Gasteiger partial charge in [0.05, 0.1) is 5.75 Å². The van der Waals surface area contributed by atoms with Crippen LogP contribution < -0.4 is 16.5 Å². The minimum atomic E-state index is -0.575. The van der Waals surface area contributed by atoms with E-state index >= 15 is 0 Å². The highest BCUT2D eigenvalue weighted by Crippen LogP contribution is 2.26. The lowest BCUT2D eigenvalue weighted by atomic mass is 9.87. The molecule has 1 aromatic heterocycles. The van der Waals surface area contributed by atoms with Gasteiger partial charge in [-0.2, -0.15) is 0 Å². The van der Waals surface area contributed by atoms with E-state index in [0.717, 1.165) is 17.3 Å². The fourth-order valence-corrected chi connectivity index (χ4v) is 2.85. The van der Waals surface area contributed by atoms with Crippen molar-refractivity contribution in [3.8, 4) is 11.4 Å². The summed E-state index contributed by atoms with van der Waals surface area (Å²) in [6, 6.07) is 7.38. The monoisotopic (exact) mass is 388 g/mol. The minimum Gasteiger partial charge on any atom is -0.335 e. The lowest BCUT2D eigenvalue weighted by Gasteiger charge is -2.19. The van der Waals surface area contributed by atoms with Crippen LogP contribution in [0.1, 0.15) is 26.3 Å². The summed E-state index contributed by atoms with van der Waals surface area (Å²) in [5.74, 6) is 6.09. The molecule has 0 atom stereocenters. The number of imide groups is 1. The molecule has 0 saturated heterocycles. The summed E-state index contributed by atoms with van der Waals surface area (Å²) in [6.45, 7) is 10.2. The van der Waals surface area contributed by atoms with Crippen LogP contribution in [0.4, 0.5) is 4.79 Å². The fraction of sp³-hybridized carbons (Fsp3) is 0.333. The fourth-order valence-electron chi connectivity index (χ4n) is 2.19. The number of urea groups is 1. The maximum absolute atomic E-state index is 11.8. The van der Waals surface area contributed by atoms with Gasteiger partial charge in [0.25, 0.3) is 0 Å². The van der Waals surface area contributed by atoms with E-state index in [-0.39, 0.29) is 17.7 Å². The summed E-state index contributed by atoms with van der Waals surface area (Å²) in [5.41, 5.74) is 2.09. The van der Waals surface area contributed by atoms with Crippen molar-refractivity contribution in [2.75, 3.05) is 18.1 Å². The van der Waals surface area contributed by atoms with Crippen LogP contribution in [0.5, 0.6) is 0 Å². The Balaban J connectivity index is 2.00. The molecule has 0 bridgehead atoms. The van der Waals surface area contributed by atoms with Gasteiger partial charge in [-0.05, 0) is 11.0 Å². The van der Waals surface area contributed by atoms with Crippen LogP contribution in [0.3, 0.4) is 0 Å². The summed E-state index contributed by atoms with van der Waals surface area (Å²) in [6.07, 6.45) is 1.52. The van der Waals surface area contributed by atoms with E-state index < -0.39 is 11.9 Å². The van der Waals surface area contributed by atoms with Gasteiger partial charge in [0.2, 0.25) is 11.1 Å². The van der Waals surface area contributed by atoms with Crippen molar-refractivity contribution >= 4 is 23.7 Å². The van der Waals surface area contributed by atoms with Crippen molar-refractivity contribution in [2.45, 2.75) is 31.3 Å². The lowest BCUT2D eigenvalue weighted by molar-refractivity contribution is -0.117. The van der Waals surface area contributed by atoms with Gasteiger partial charge in [0.15, 0.2) is 5.82 Å². The number of nitrogens with zero attached hydrogens (tertiary/aromatic N) is 3. The normalized spacial score (nSPS) is 11.1. The third-order valence-electron chi connectivity index (χ3n) is 3.67. The molecule has 8 nitrogen and oxygen atoms in total. The Hall–Kier alpha value is -2.81. The first kappa shape index (κ1) is 20.5. The van der Waals surface area contributed by atoms with E-state index in [1.165, 1.54) is 16.3 Å². The Morgan fingerprint density at radius 2 is 1.93 bits per heavy atom. The lowest BCUT2D eigenvalue weighted by Crippen LogP contribution is -2.40. The summed E-state index contributed by atoms with van der Waals surface area (Å²) in [5, 5.41) is 13.2. The Morgan fingerprint density at radius 1 is 1.26 bits per heavy atom. The number of thioether (sulfide) groups is 1. The van der Waals surface area contributed by atoms with Crippen LogP contribution in [-0.4, -0.2) is 39.1 Å². The average Bonchev–Trinajstić information content (AvgIpc) is 2.98. The highest BCUT2D eigenvalue weighted by Gasteiger charge is 2.17. The second kappa shape index (κ2) is 8.72. The molecule has 2 rings (SSSR count). The molecular weight excluding hydrogens is 364 g/mol. The van der Waals surface area contributed by atoms with Gasteiger partial charge in [-0.3, -0.25) is 10.1 Å². The number of benzene rings is 1. The van der Waals surface area contributed by atoms with Gasteiger partial charge < -0.3 is 11.2 Å². The van der Waals surface area contributed by atoms with Crippen LogP contribution in [0.25, 0.3) is 11.4 Å². The predicted octanol–water partition coefficient (Wildman–Crippen LogP) is 2.06. The van der Waals surface area contributed by atoms with Crippen molar-refractivity contribution in [3.63, 3.8) is 0 Å². The Morgan fingerprint density at radius 3 is 2.52 bits per heavy atom. The number of hydrogen-bond donors (Lipinski definition) is 3. The van der Waals surface area contributed by atoms with E-state index in [9.17, 15) is 9.59 Å². The van der Waals surface area contributed by atoms with Gasteiger partial charge in [-0.25, -0.2) is 9.47 Å². The number of carbonyl (C=O) groups is 2. The first-order valence-electron chi connectivity index (χ1n) is 8.35. The smallest absolute Gasteiger partial charge is 0.321 e. The Kier molecular flexibility index (Phi) is 6.62. The summed E-state index contributed by atoms with van der Waals surface area (Å²) in [4.78, 5) is 23.2. The van der Waals surface area contributed by atoms with Gasteiger partial charge >= 0.3 is 6.03 Å². The van der Waals surface area contributed by atoms with Crippen molar-refractivity contribution in [3.05, 3.63) is 42.5 Å². The number of nitrogen functional groups attached to an aromatic ring is 1. The van der Waals surface area contributed by atoms with Crippen LogP contribution in [0.15, 0.2) is 42.1 Å². The highest BCUT2D eigenvalue weighted by molar-refractivity contribution is 7.99. The van der Waals surface area contributed by atoms with Gasteiger partial charge in [-0.1, -0.05) is 62.9 Å². The molecule has 0 spiro atoms. The third kappa shape index (κ3) is 5.58. The molecule has 0 aliphatic carbocycles. The number of carbonyl (C=O) groups excluding carboxylic acids is 2. The Labute approximate surface area is 162 Å². The molecule has 0 aliphatic heterocycles. The van der Waals surface area contributed by atoms with Crippen molar-refractivity contribution in [2.24, 2.45) is 0 Å². The topological polar surface area (TPSA) is 115 Å². The third-order valence-corrected chi connectivity index (χ3v) is 4.61. The van der Waals surface area contributed by atoms with E-state index in [1.807, 2.05) is 24.3 Å². The first-order chi connectivity index (χ1) is 12.7. The van der Waals surface area contributed by atoms with Crippen molar-refractivity contribution < 1.29 is 9.59 Å². The number of nitrogens with two attached hydrogens (primary N) is 1. The Bertz CT molecular complexity index is 823. The van der Waals surface area contributed by atoms with Crippen LogP contribution >= 0.6 is 11.8 Å². The molecule has 0 saturated carbocycles. The van der Waals surface area contributed by atoms with E-state index in [1.54, 1.807) is 0 Å². The molecule has 0 aliphatic rings. The second-order valence-electron chi connectivity index (χ2n) is 6.84. The van der Waals surface area contributed by atoms with E-state index in [0.29, 0.717) is 11.0 Å². The summed E-state index contributed by atoms with van der Waals surface area (Å²) >= 11 is 1.10. The molecule has 0 radical (unpaired) electrons. The zero-order valence-corrected chi connectivity index (χ0v) is 16.5. The van der Waals surface area contributed by atoms with Gasteiger partial charge in [0.1, 0.15) is 0 Å². The zero-order valence-electron chi connectivity index (χ0n) is 15.7. The molecule has 144 valence electrons. The molecule has 1 heterocycles. The number of amides is 3. The molecule has 4 N–H and O–H groups in total. The highest BCUT2D eigenvalue weighted by atomic mass is 32.2. The summed E-state index contributed by atoms with van der Waals surface area (Å²) < 4.78 is 1.34. The molecule has 3 amide bonds. The predicted molar refractivity (Wildman–Crippen MR) is 107 cm³/mol. The largest absolute Gasteiger partial charge is 0.335 e. The van der Waals surface area contributed by atoms with E-state index in [4.69, 9.17) is 5.84 Å². The molecule has 9 heteroatoms.